The highest BCUT2D eigenvalue weighted by molar-refractivity contribution is 5.95. The van der Waals surface area contributed by atoms with Gasteiger partial charge in [-0.3, -0.25) is 14.4 Å². The minimum atomic E-state index is -1.72. The first-order chi connectivity index (χ1) is 23.8. The molecule has 274 valence electrons. The van der Waals surface area contributed by atoms with Crippen LogP contribution in [0.1, 0.15) is 39.3 Å². The lowest BCUT2D eigenvalue weighted by atomic mass is 9.81. The number of aryl methyl sites for hydroxylation is 1. The summed E-state index contributed by atoms with van der Waals surface area (Å²) < 4.78 is 21.4. The average molecular weight is 697 g/mol. The van der Waals surface area contributed by atoms with E-state index in [4.69, 9.17) is 18.6 Å². The van der Waals surface area contributed by atoms with E-state index in [9.17, 15) is 24.6 Å². The van der Waals surface area contributed by atoms with E-state index in [1.54, 1.807) is 89.4 Å². The first-order valence-corrected chi connectivity index (χ1v) is 16.3. The maximum Gasteiger partial charge on any atom is 0.278 e. The van der Waals surface area contributed by atoms with E-state index < -0.39 is 41.2 Å². The Labute approximate surface area is 294 Å². The fourth-order valence-corrected chi connectivity index (χ4v) is 4.78. The Bertz CT molecular complexity index is 1460. The molecule has 1 aliphatic heterocycles. The second-order valence-electron chi connectivity index (χ2n) is 12.2. The smallest absolute Gasteiger partial charge is 0.278 e. The summed E-state index contributed by atoms with van der Waals surface area (Å²) in [6, 6.07) is -0.651. The fourth-order valence-electron chi connectivity index (χ4n) is 4.78. The third-order valence-electron chi connectivity index (χ3n) is 8.01. The Hall–Kier alpha value is -4.40. The number of aliphatic hydroxyl groups is 2. The number of ether oxygens (including phenoxy) is 3. The maximum atomic E-state index is 13.2. The zero-order valence-electron chi connectivity index (χ0n) is 30.0. The first-order valence-electron chi connectivity index (χ1n) is 16.3. The lowest BCUT2D eigenvalue weighted by Gasteiger charge is -2.36. The molecular weight excluding hydrogens is 644 g/mol. The summed E-state index contributed by atoms with van der Waals surface area (Å²) >= 11 is 0. The van der Waals surface area contributed by atoms with Gasteiger partial charge in [-0.1, -0.05) is 72.9 Å². The number of amides is 3. The van der Waals surface area contributed by atoms with Crippen molar-refractivity contribution in [3.8, 4) is 0 Å². The molecule has 0 bridgehead atoms. The molecule has 1 aromatic rings. The molecule has 0 radical (unpaired) electrons. The standard InChI is InChI=1S/C37H52N4O9/c1-27(19-15-12-13-16-20-30-23-39-29(3)50-30)33(44)36(4,5)34(45)38-22-18-14-10-8-9-11-17-21-32(43)40-37(25-48-26-49-37)35(46)41(6)31(24-42)28(2)47-7/h8-19,21,23,28,31,33,42,44H,20,22,24-26H2,1-7H3,(H,38,45)(H,40,43). The van der Waals surface area contributed by atoms with Gasteiger partial charge in [0.05, 0.1) is 36.5 Å². The van der Waals surface area contributed by atoms with Crippen LogP contribution in [-0.2, 0) is 35.0 Å². The Morgan fingerprint density at radius 3 is 2.38 bits per heavy atom. The molecule has 4 atom stereocenters. The van der Waals surface area contributed by atoms with Gasteiger partial charge < -0.3 is 44.4 Å². The van der Waals surface area contributed by atoms with Crippen molar-refractivity contribution in [1.82, 2.24) is 20.5 Å². The van der Waals surface area contributed by atoms with Crippen molar-refractivity contribution in [2.45, 2.75) is 65.0 Å². The molecule has 50 heavy (non-hydrogen) atoms. The van der Waals surface area contributed by atoms with Gasteiger partial charge in [-0.2, -0.15) is 0 Å². The number of likely N-dealkylation sites (N-methyl/N-ethyl adjacent to an activating group) is 1. The first kappa shape index (κ1) is 41.8. The van der Waals surface area contributed by atoms with Crippen LogP contribution < -0.4 is 10.6 Å². The molecule has 1 fully saturated rings. The number of carbonyl (C=O) groups is 3. The quantitative estimate of drug-likeness (QED) is 0.125. The number of nitrogens with one attached hydrogen (secondary N) is 2. The summed E-state index contributed by atoms with van der Waals surface area (Å²) in [4.78, 5) is 44.0. The van der Waals surface area contributed by atoms with E-state index in [2.05, 4.69) is 15.6 Å². The number of allylic oxidation sites excluding steroid dienone is 11. The van der Waals surface area contributed by atoms with Crippen LogP contribution in [0, 0.1) is 12.3 Å². The molecular formula is C37H52N4O9. The predicted octanol–water partition coefficient (Wildman–Crippen LogP) is 2.98. The number of aromatic nitrogens is 1. The van der Waals surface area contributed by atoms with Gasteiger partial charge in [0.1, 0.15) is 12.4 Å². The highest BCUT2D eigenvalue weighted by atomic mass is 16.7. The van der Waals surface area contributed by atoms with E-state index >= 15 is 0 Å². The molecule has 2 heterocycles. The summed E-state index contributed by atoms with van der Waals surface area (Å²) in [5.74, 6) is -0.0192. The van der Waals surface area contributed by atoms with Crippen molar-refractivity contribution in [3.63, 3.8) is 0 Å². The van der Waals surface area contributed by atoms with E-state index in [1.807, 2.05) is 18.2 Å². The van der Waals surface area contributed by atoms with Crippen molar-refractivity contribution < 1.29 is 43.2 Å². The van der Waals surface area contributed by atoms with E-state index in [-0.39, 0.29) is 32.5 Å². The SMILES string of the molecule is COC(C)C(CO)N(C)C(=O)C1(NC(=O)C=CC=CC=CC=CCNC(=O)C(C)(C)C(O)C(C)=CC=CC=CCc2cnc(C)o2)COCO1. The van der Waals surface area contributed by atoms with Crippen LogP contribution in [0.2, 0.25) is 0 Å². The van der Waals surface area contributed by atoms with Crippen LogP contribution in [0.4, 0.5) is 0 Å². The molecule has 0 aromatic carbocycles. The van der Waals surface area contributed by atoms with Crippen molar-refractivity contribution >= 4 is 17.7 Å². The van der Waals surface area contributed by atoms with Crippen LogP contribution in [0.3, 0.4) is 0 Å². The summed E-state index contributed by atoms with van der Waals surface area (Å²) in [6.45, 7) is 8.25. The summed E-state index contributed by atoms with van der Waals surface area (Å²) in [7, 11) is 2.97. The third kappa shape index (κ3) is 12.8. The van der Waals surface area contributed by atoms with Crippen molar-refractivity contribution in [1.29, 1.82) is 0 Å². The van der Waals surface area contributed by atoms with E-state index in [0.717, 1.165) is 5.76 Å². The highest BCUT2D eigenvalue weighted by Gasteiger charge is 2.48. The predicted molar refractivity (Wildman–Crippen MR) is 189 cm³/mol. The van der Waals surface area contributed by atoms with Crippen LogP contribution in [-0.4, -0.2) is 103 Å². The maximum absolute atomic E-state index is 13.2. The molecule has 4 N–H and O–H groups in total. The van der Waals surface area contributed by atoms with Gasteiger partial charge in [0, 0.05) is 40.1 Å². The Morgan fingerprint density at radius 1 is 1.10 bits per heavy atom. The van der Waals surface area contributed by atoms with Gasteiger partial charge in [-0.25, -0.2) is 4.98 Å². The summed E-state index contributed by atoms with van der Waals surface area (Å²) in [5, 5.41) is 26.0. The van der Waals surface area contributed by atoms with Gasteiger partial charge in [-0.15, -0.1) is 0 Å². The normalized spacial score (nSPS) is 19.4. The van der Waals surface area contributed by atoms with Crippen LogP contribution in [0.15, 0.2) is 95.2 Å². The lowest BCUT2D eigenvalue weighted by Crippen LogP contribution is -2.63. The summed E-state index contributed by atoms with van der Waals surface area (Å²) in [5.41, 5.74) is -2.12. The number of hydrogen-bond acceptors (Lipinski definition) is 10. The number of oxazole rings is 1. The number of rotatable bonds is 19. The van der Waals surface area contributed by atoms with Crippen LogP contribution in [0.25, 0.3) is 0 Å². The zero-order chi connectivity index (χ0) is 37.2. The van der Waals surface area contributed by atoms with Crippen molar-refractivity contribution in [2.24, 2.45) is 5.41 Å². The largest absolute Gasteiger partial charge is 0.446 e. The Kier molecular flexibility index (Phi) is 17.5. The lowest BCUT2D eigenvalue weighted by molar-refractivity contribution is -0.162. The number of hydrogen-bond donors (Lipinski definition) is 4. The van der Waals surface area contributed by atoms with Crippen LogP contribution >= 0.6 is 0 Å². The Morgan fingerprint density at radius 2 is 1.76 bits per heavy atom. The second-order valence-corrected chi connectivity index (χ2v) is 12.2. The molecule has 0 saturated carbocycles. The van der Waals surface area contributed by atoms with Gasteiger partial charge in [0.2, 0.25) is 17.5 Å². The average Bonchev–Trinajstić information content (AvgIpc) is 3.75. The molecule has 1 saturated heterocycles. The molecule has 1 aromatic heterocycles. The second kappa shape index (κ2) is 21.0. The molecule has 13 nitrogen and oxygen atoms in total. The number of methoxy groups -OCH3 is 1. The van der Waals surface area contributed by atoms with Crippen molar-refractivity contribution in [3.05, 3.63) is 102 Å². The van der Waals surface area contributed by atoms with Gasteiger partial charge in [-0.05, 0) is 33.3 Å². The topological polar surface area (TPSA) is 173 Å². The third-order valence-corrected chi connectivity index (χ3v) is 8.01. The van der Waals surface area contributed by atoms with Gasteiger partial charge in [0.15, 0.2) is 12.7 Å². The number of nitrogens with zero attached hydrogens (tertiary/aromatic N) is 2. The number of carbonyl (C=O) groups excluding carboxylic acids is 3. The minimum Gasteiger partial charge on any atom is -0.446 e. The summed E-state index contributed by atoms with van der Waals surface area (Å²) in [6.07, 6.45) is 23.2. The van der Waals surface area contributed by atoms with E-state index in [1.165, 1.54) is 31.2 Å². The Balaban J connectivity index is 1.78. The highest BCUT2D eigenvalue weighted by Crippen LogP contribution is 2.26. The molecule has 3 amide bonds. The fraction of sp³-hybridized carbons (Fsp3) is 0.459. The molecule has 0 aliphatic carbocycles. The van der Waals surface area contributed by atoms with Gasteiger partial charge in [0.25, 0.3) is 5.91 Å². The van der Waals surface area contributed by atoms with E-state index in [0.29, 0.717) is 17.9 Å². The molecule has 0 spiro atoms. The molecule has 13 heteroatoms. The monoisotopic (exact) mass is 696 g/mol. The van der Waals surface area contributed by atoms with Crippen molar-refractivity contribution in [2.75, 3.05) is 40.7 Å². The van der Waals surface area contributed by atoms with Crippen LogP contribution in [0.5, 0.6) is 0 Å². The molecule has 2 rings (SSSR count). The molecule has 4 unspecified atom stereocenters. The van der Waals surface area contributed by atoms with Gasteiger partial charge >= 0.3 is 0 Å². The minimum absolute atomic E-state index is 0.171. The number of aliphatic hydroxyl groups excluding tert-OH is 2. The zero-order valence-corrected chi connectivity index (χ0v) is 30.0. The molecule has 1 aliphatic rings.